The molecule has 2 aliphatic rings. The molecule has 0 unspecified atom stereocenters. The van der Waals surface area contributed by atoms with Crippen LogP contribution in [0.2, 0.25) is 0 Å². The Morgan fingerprint density at radius 1 is 0.948 bits per heavy atom. The normalized spacial score (nSPS) is 20.2. The molecule has 2 fully saturated rings. The average molecular weight is 792 g/mol. The van der Waals surface area contributed by atoms with Gasteiger partial charge in [0.2, 0.25) is 0 Å². The molecule has 0 amide bonds. The van der Waals surface area contributed by atoms with Crippen LogP contribution in [0.4, 0.5) is 20.2 Å². The highest BCUT2D eigenvalue weighted by atomic mass is 19.1. The fourth-order valence-electron chi connectivity index (χ4n) is 8.67. The van der Waals surface area contributed by atoms with Crippen LogP contribution >= 0.6 is 0 Å². The Hall–Kier alpha value is -5.70. The molecule has 2 aliphatic heterocycles. The van der Waals surface area contributed by atoms with E-state index >= 15 is 4.39 Å². The number of anilines is 1. The largest absolute Gasteiger partial charge is 0.493 e. The summed E-state index contributed by atoms with van der Waals surface area (Å²) in [6, 6.07) is 30.2. The molecule has 0 saturated carbocycles. The molecule has 12 nitrogen and oxygen atoms in total. The number of rotatable bonds is 14. The van der Waals surface area contributed by atoms with E-state index in [0.717, 1.165) is 60.4 Å². The Morgan fingerprint density at radius 2 is 1.69 bits per heavy atom. The molecule has 4 heterocycles. The van der Waals surface area contributed by atoms with Crippen LogP contribution in [-0.2, 0) is 23.4 Å². The first kappa shape index (κ1) is 39.1. The predicted octanol–water partition coefficient (Wildman–Crippen LogP) is 6.27. The molecule has 4 aromatic carbocycles. The Bertz CT molecular complexity index is 2330. The van der Waals surface area contributed by atoms with Gasteiger partial charge in [-0.05, 0) is 62.2 Å². The van der Waals surface area contributed by atoms with Gasteiger partial charge in [0.25, 0.3) is 0 Å². The molecule has 14 heteroatoms. The second-order valence-electron chi connectivity index (χ2n) is 15.6. The Morgan fingerprint density at radius 3 is 2.36 bits per heavy atom. The second-order valence-corrected chi connectivity index (χ2v) is 15.6. The molecule has 0 radical (unpaired) electrons. The van der Waals surface area contributed by atoms with E-state index in [0.29, 0.717) is 31.6 Å². The Labute approximate surface area is 336 Å². The van der Waals surface area contributed by atoms with E-state index in [2.05, 4.69) is 68.6 Å². The van der Waals surface area contributed by atoms with Crippen molar-refractivity contribution in [2.45, 2.75) is 57.5 Å². The fourth-order valence-corrected chi connectivity index (χ4v) is 8.67. The van der Waals surface area contributed by atoms with E-state index in [1.54, 1.807) is 17.9 Å². The molecule has 0 spiro atoms. The van der Waals surface area contributed by atoms with E-state index in [-0.39, 0.29) is 24.2 Å². The van der Waals surface area contributed by atoms with E-state index in [1.807, 2.05) is 37.3 Å². The van der Waals surface area contributed by atoms with Crippen LogP contribution in [0.3, 0.4) is 0 Å². The van der Waals surface area contributed by atoms with Gasteiger partial charge in [0.1, 0.15) is 67.3 Å². The van der Waals surface area contributed by atoms with Crippen molar-refractivity contribution in [3.63, 3.8) is 0 Å². The summed E-state index contributed by atoms with van der Waals surface area (Å²) in [6.07, 6.45) is 4.88. The zero-order valence-corrected chi connectivity index (χ0v) is 32.8. The maximum Gasteiger partial charge on any atom is 0.350 e. The van der Waals surface area contributed by atoms with Crippen LogP contribution in [0.15, 0.2) is 121 Å². The molecule has 302 valence electrons. The average Bonchev–Trinajstić information content (AvgIpc) is 4.00. The number of aromatic nitrogens is 6. The van der Waals surface area contributed by atoms with Gasteiger partial charge in [0, 0.05) is 40.9 Å². The number of quaternary nitrogens is 1. The Kier molecular flexibility index (Phi) is 11.2. The number of piperazine rings is 1. The smallest absolute Gasteiger partial charge is 0.350 e. The summed E-state index contributed by atoms with van der Waals surface area (Å²) in [5.74, 6) is -0.586. The van der Waals surface area contributed by atoms with Crippen molar-refractivity contribution >= 4 is 11.4 Å². The first-order valence-corrected chi connectivity index (χ1v) is 19.9. The number of hydrogen-bond acceptors (Lipinski definition) is 8. The molecule has 0 aliphatic carbocycles. The van der Waals surface area contributed by atoms with Crippen LogP contribution in [-0.4, -0.2) is 79.7 Å². The van der Waals surface area contributed by atoms with Gasteiger partial charge in [-0.2, -0.15) is 10.2 Å². The molecule has 4 atom stereocenters. The number of aliphatic hydroxyl groups is 1. The third-order valence-electron chi connectivity index (χ3n) is 11.8. The van der Waals surface area contributed by atoms with Crippen molar-refractivity contribution < 1.29 is 23.4 Å². The molecular formula is C44H49F2N8O4+. The summed E-state index contributed by atoms with van der Waals surface area (Å²) in [5, 5.41) is 18.7. The van der Waals surface area contributed by atoms with Crippen LogP contribution in [0, 0.1) is 17.6 Å². The molecule has 1 N–H and O–H groups in total. The third-order valence-corrected chi connectivity index (χ3v) is 11.8. The van der Waals surface area contributed by atoms with Crippen molar-refractivity contribution in [1.29, 1.82) is 0 Å². The minimum atomic E-state index is -1.04. The first-order valence-electron chi connectivity index (χ1n) is 19.9. The number of nitrogens with zero attached hydrogens (tertiary/aromatic N) is 8. The van der Waals surface area contributed by atoms with Crippen molar-refractivity contribution in [2.24, 2.45) is 5.92 Å². The Balaban J connectivity index is 0.944. The topological polar surface area (TPSA) is 112 Å². The molecule has 58 heavy (non-hydrogen) atoms. The van der Waals surface area contributed by atoms with Gasteiger partial charge in [-0.1, -0.05) is 43.3 Å². The van der Waals surface area contributed by atoms with Crippen LogP contribution in [0.25, 0.3) is 5.69 Å². The van der Waals surface area contributed by atoms with Crippen molar-refractivity contribution in [3.05, 3.63) is 149 Å². The summed E-state index contributed by atoms with van der Waals surface area (Å²) in [5.41, 5.74) is 3.26. The number of benzene rings is 4. The summed E-state index contributed by atoms with van der Waals surface area (Å²) in [4.78, 5) is 19.6. The lowest BCUT2D eigenvalue weighted by Crippen LogP contribution is -2.60. The van der Waals surface area contributed by atoms with E-state index < -0.39 is 23.3 Å². The molecule has 0 bridgehead atoms. The van der Waals surface area contributed by atoms with E-state index in [4.69, 9.17) is 9.47 Å². The SMILES string of the molecule is CC[C@@H]([C@H](C)O)n1ncn(-c2ccc(N3CC[N+](Cc4ccccc4)(c4ccc(OC[C@@H]5CO[C@@](Cn6cncn6)(c6ccc(F)cc6F)C5)cc4)CC3)cc2)c1=O. The van der Waals surface area contributed by atoms with Crippen molar-refractivity contribution in [1.82, 2.24) is 33.6 Å². The first-order chi connectivity index (χ1) is 28.1. The van der Waals surface area contributed by atoms with Crippen molar-refractivity contribution in [3.8, 4) is 11.4 Å². The molecule has 8 rings (SSSR count). The van der Waals surface area contributed by atoms with Gasteiger partial charge in [0.05, 0.1) is 50.7 Å². The fraction of sp³-hybridized carbons (Fsp3) is 0.364. The van der Waals surface area contributed by atoms with Crippen molar-refractivity contribution in [2.75, 3.05) is 44.3 Å². The lowest BCUT2D eigenvalue weighted by Gasteiger charge is -2.45. The quantitative estimate of drug-likeness (QED) is 0.129. The molecular weight excluding hydrogens is 743 g/mol. The van der Waals surface area contributed by atoms with Crippen LogP contribution < -0.4 is 19.8 Å². The summed E-state index contributed by atoms with van der Waals surface area (Å²) < 4.78 is 46.9. The lowest BCUT2D eigenvalue weighted by atomic mass is 9.87. The zero-order valence-electron chi connectivity index (χ0n) is 32.8. The maximum absolute atomic E-state index is 15.1. The number of halogens is 2. The minimum absolute atomic E-state index is 0.0339. The van der Waals surface area contributed by atoms with Gasteiger partial charge < -0.3 is 19.5 Å². The number of aliphatic hydroxyl groups excluding tert-OH is 1. The number of hydrogen-bond donors (Lipinski definition) is 1. The predicted molar refractivity (Wildman–Crippen MR) is 217 cm³/mol. The molecule has 2 aromatic heterocycles. The lowest BCUT2D eigenvalue weighted by molar-refractivity contribution is -0.0206. The van der Waals surface area contributed by atoms with Crippen LogP contribution in [0.1, 0.15) is 43.9 Å². The standard InChI is InChI=1S/C44H49F2N8O4/c1-3-42(32(2)55)53-43(56)52(31-49-53)37-12-10-36(11-13-37)50-19-21-54(22-20-50,25-33-7-5-4-6-8-33)38-14-16-39(17-15-38)57-26-34-24-44(58-27-34,28-51-30-47-29-48-51)40-18-9-35(45)23-41(40)46/h4-18,23,29-32,34,42,55H,3,19-22,24-28H2,1-2H3/q+1/t32-,34+,42-,44-/m0/s1. The van der Waals surface area contributed by atoms with E-state index in [1.165, 1.54) is 45.3 Å². The summed E-state index contributed by atoms with van der Waals surface area (Å²) >= 11 is 0. The van der Waals surface area contributed by atoms with E-state index in [9.17, 15) is 14.3 Å². The minimum Gasteiger partial charge on any atom is -0.493 e. The third kappa shape index (κ3) is 8.04. The highest BCUT2D eigenvalue weighted by Crippen LogP contribution is 2.42. The van der Waals surface area contributed by atoms with Gasteiger partial charge in [-0.3, -0.25) is 4.48 Å². The maximum atomic E-state index is 15.1. The van der Waals surface area contributed by atoms with Gasteiger partial charge in [-0.15, -0.1) is 0 Å². The second kappa shape index (κ2) is 16.6. The number of ether oxygens (including phenoxy) is 2. The summed E-state index contributed by atoms with van der Waals surface area (Å²) in [7, 11) is 0. The monoisotopic (exact) mass is 791 g/mol. The van der Waals surface area contributed by atoms with Gasteiger partial charge in [-0.25, -0.2) is 32.5 Å². The summed E-state index contributed by atoms with van der Waals surface area (Å²) in [6.45, 7) is 8.85. The highest BCUT2D eigenvalue weighted by molar-refractivity contribution is 5.54. The van der Waals surface area contributed by atoms with Gasteiger partial charge in [0.15, 0.2) is 0 Å². The molecule has 6 aromatic rings. The zero-order chi connectivity index (χ0) is 40.3. The van der Waals surface area contributed by atoms with Gasteiger partial charge >= 0.3 is 5.69 Å². The van der Waals surface area contributed by atoms with Crippen LogP contribution in [0.5, 0.6) is 5.75 Å². The molecule has 2 saturated heterocycles. The highest BCUT2D eigenvalue weighted by Gasteiger charge is 2.45.